The first-order chi connectivity index (χ1) is 8.09. The number of benzene rings is 1. The number of carboxylic acid groups (broad SMARTS) is 1. The zero-order valence-corrected chi connectivity index (χ0v) is 9.81. The molecule has 0 bridgehead atoms. The van der Waals surface area contributed by atoms with Gasteiger partial charge < -0.3 is 15.4 Å². The Balaban J connectivity index is 2.45. The smallest absolute Gasteiger partial charge is 0.336 e. The highest BCUT2D eigenvalue weighted by molar-refractivity contribution is 7.99. The number of anilines is 1. The van der Waals surface area contributed by atoms with Crippen LogP contribution < -0.4 is 5.73 Å². The third kappa shape index (κ3) is 2.23. The van der Waals surface area contributed by atoms with Crippen molar-refractivity contribution in [2.75, 3.05) is 5.73 Å². The maximum absolute atomic E-state index is 11.1. The van der Waals surface area contributed by atoms with Gasteiger partial charge in [-0.05, 0) is 23.9 Å². The molecule has 17 heavy (non-hydrogen) atoms. The van der Waals surface area contributed by atoms with E-state index in [4.69, 9.17) is 10.8 Å². The summed E-state index contributed by atoms with van der Waals surface area (Å²) in [5.74, 6) is -1.01. The topological polar surface area (TPSA) is 94.0 Å². The van der Waals surface area contributed by atoms with Crippen LogP contribution in [0.5, 0.6) is 0 Å². The third-order valence-corrected chi connectivity index (χ3v) is 3.35. The monoisotopic (exact) mass is 250 g/mol. The Morgan fingerprint density at radius 2 is 2.29 bits per heavy atom. The maximum atomic E-state index is 11.1. The zero-order valence-electron chi connectivity index (χ0n) is 8.99. The SMILES string of the molecule is Cn1cnnc1Sc1c(N)cccc1C(=O)O. The number of nitrogens with zero attached hydrogens (tertiary/aromatic N) is 3. The average molecular weight is 250 g/mol. The van der Waals surface area contributed by atoms with E-state index in [1.54, 1.807) is 30.1 Å². The molecular formula is C10H10N4O2S. The lowest BCUT2D eigenvalue weighted by atomic mass is 10.2. The molecule has 6 nitrogen and oxygen atoms in total. The molecule has 0 amide bonds. The van der Waals surface area contributed by atoms with E-state index in [1.165, 1.54) is 17.8 Å². The molecule has 0 saturated carbocycles. The molecule has 1 aromatic heterocycles. The lowest BCUT2D eigenvalue weighted by molar-refractivity contribution is 0.0693. The Morgan fingerprint density at radius 3 is 2.88 bits per heavy atom. The minimum absolute atomic E-state index is 0.165. The first-order valence-electron chi connectivity index (χ1n) is 4.73. The number of hydrogen-bond donors (Lipinski definition) is 2. The predicted octanol–water partition coefficient (Wildman–Crippen LogP) is 1.25. The second-order valence-corrected chi connectivity index (χ2v) is 4.33. The Labute approximate surface area is 101 Å². The van der Waals surface area contributed by atoms with Crippen LogP contribution in [-0.4, -0.2) is 25.8 Å². The van der Waals surface area contributed by atoms with E-state index in [1.807, 2.05) is 0 Å². The van der Waals surface area contributed by atoms with Crippen LogP contribution in [-0.2, 0) is 7.05 Å². The summed E-state index contributed by atoms with van der Waals surface area (Å²) >= 11 is 1.19. The van der Waals surface area contributed by atoms with E-state index in [-0.39, 0.29) is 5.56 Å². The second kappa shape index (κ2) is 4.46. The quantitative estimate of drug-likeness (QED) is 0.796. The Bertz CT molecular complexity index is 567. The molecule has 0 aliphatic rings. The van der Waals surface area contributed by atoms with E-state index in [0.29, 0.717) is 15.7 Å². The Hall–Kier alpha value is -2.02. The van der Waals surface area contributed by atoms with Crippen LogP contribution in [0.3, 0.4) is 0 Å². The summed E-state index contributed by atoms with van der Waals surface area (Å²) in [5, 5.41) is 17.3. The second-order valence-electron chi connectivity index (χ2n) is 3.36. The van der Waals surface area contributed by atoms with Gasteiger partial charge in [-0.3, -0.25) is 0 Å². The lowest BCUT2D eigenvalue weighted by Gasteiger charge is -2.07. The number of aromatic nitrogens is 3. The van der Waals surface area contributed by atoms with E-state index in [2.05, 4.69) is 10.2 Å². The minimum atomic E-state index is -1.01. The number of rotatable bonds is 3. The molecule has 0 aliphatic carbocycles. The molecule has 0 unspecified atom stereocenters. The van der Waals surface area contributed by atoms with Crippen molar-refractivity contribution in [1.29, 1.82) is 0 Å². The molecule has 3 N–H and O–H groups in total. The van der Waals surface area contributed by atoms with Crippen molar-refractivity contribution >= 4 is 23.4 Å². The van der Waals surface area contributed by atoms with Crippen LogP contribution in [0.4, 0.5) is 5.69 Å². The van der Waals surface area contributed by atoms with Gasteiger partial charge in [0.15, 0.2) is 5.16 Å². The average Bonchev–Trinajstić information content (AvgIpc) is 2.67. The van der Waals surface area contributed by atoms with Crippen molar-refractivity contribution < 1.29 is 9.90 Å². The third-order valence-electron chi connectivity index (χ3n) is 2.14. The molecule has 0 saturated heterocycles. The zero-order chi connectivity index (χ0) is 12.4. The van der Waals surface area contributed by atoms with Crippen molar-refractivity contribution in [1.82, 2.24) is 14.8 Å². The number of nitrogen functional groups attached to an aromatic ring is 1. The molecule has 0 fully saturated rings. The fraction of sp³-hybridized carbons (Fsp3) is 0.100. The first kappa shape index (κ1) is 11.5. The van der Waals surface area contributed by atoms with Crippen LogP contribution >= 0.6 is 11.8 Å². The summed E-state index contributed by atoms with van der Waals surface area (Å²) in [6.07, 6.45) is 1.54. The molecule has 0 radical (unpaired) electrons. The summed E-state index contributed by atoms with van der Waals surface area (Å²) < 4.78 is 1.70. The number of carboxylic acids is 1. The fourth-order valence-corrected chi connectivity index (χ4v) is 2.21. The minimum Gasteiger partial charge on any atom is -0.478 e. The largest absolute Gasteiger partial charge is 0.478 e. The van der Waals surface area contributed by atoms with Gasteiger partial charge in [0.2, 0.25) is 0 Å². The summed E-state index contributed by atoms with van der Waals surface area (Å²) in [6.45, 7) is 0. The Kier molecular flexibility index (Phi) is 3.01. The normalized spacial score (nSPS) is 10.4. The van der Waals surface area contributed by atoms with Gasteiger partial charge in [0, 0.05) is 12.7 Å². The molecule has 0 aliphatic heterocycles. The maximum Gasteiger partial charge on any atom is 0.336 e. The Morgan fingerprint density at radius 1 is 1.53 bits per heavy atom. The van der Waals surface area contributed by atoms with Gasteiger partial charge in [-0.1, -0.05) is 6.07 Å². The molecule has 0 atom stereocenters. The van der Waals surface area contributed by atoms with E-state index >= 15 is 0 Å². The highest BCUT2D eigenvalue weighted by Gasteiger charge is 2.15. The van der Waals surface area contributed by atoms with Crippen molar-refractivity contribution in [3.8, 4) is 0 Å². The molecule has 2 rings (SSSR count). The predicted molar refractivity (Wildman–Crippen MR) is 62.9 cm³/mol. The van der Waals surface area contributed by atoms with Crippen LogP contribution in [0.2, 0.25) is 0 Å². The highest BCUT2D eigenvalue weighted by Crippen LogP contribution is 2.33. The molecule has 0 spiro atoms. The fourth-order valence-electron chi connectivity index (χ4n) is 1.29. The first-order valence-corrected chi connectivity index (χ1v) is 5.55. The van der Waals surface area contributed by atoms with Crippen LogP contribution in [0.15, 0.2) is 34.6 Å². The van der Waals surface area contributed by atoms with Gasteiger partial charge in [-0.2, -0.15) is 0 Å². The van der Waals surface area contributed by atoms with Crippen molar-refractivity contribution in [3.63, 3.8) is 0 Å². The van der Waals surface area contributed by atoms with Gasteiger partial charge in [0.25, 0.3) is 0 Å². The summed E-state index contributed by atoms with van der Waals surface area (Å²) in [6, 6.07) is 4.78. The van der Waals surface area contributed by atoms with Gasteiger partial charge in [0.1, 0.15) is 6.33 Å². The van der Waals surface area contributed by atoms with Crippen molar-refractivity contribution in [3.05, 3.63) is 30.1 Å². The summed E-state index contributed by atoms with van der Waals surface area (Å²) in [7, 11) is 1.78. The summed E-state index contributed by atoms with van der Waals surface area (Å²) in [5.41, 5.74) is 6.36. The molecular weight excluding hydrogens is 240 g/mol. The van der Waals surface area contributed by atoms with Gasteiger partial charge in [0.05, 0.1) is 10.5 Å². The number of nitrogens with two attached hydrogens (primary N) is 1. The van der Waals surface area contributed by atoms with Crippen LogP contribution in [0.25, 0.3) is 0 Å². The molecule has 2 aromatic rings. The van der Waals surface area contributed by atoms with Gasteiger partial charge in [-0.15, -0.1) is 10.2 Å². The lowest BCUT2D eigenvalue weighted by Crippen LogP contribution is -2.02. The van der Waals surface area contributed by atoms with Gasteiger partial charge >= 0.3 is 5.97 Å². The molecule has 7 heteroatoms. The molecule has 1 aromatic carbocycles. The summed E-state index contributed by atoms with van der Waals surface area (Å²) in [4.78, 5) is 11.6. The van der Waals surface area contributed by atoms with Gasteiger partial charge in [-0.25, -0.2) is 4.79 Å². The number of hydrogen-bond acceptors (Lipinski definition) is 5. The number of aromatic carboxylic acids is 1. The highest BCUT2D eigenvalue weighted by atomic mass is 32.2. The van der Waals surface area contributed by atoms with Crippen molar-refractivity contribution in [2.45, 2.75) is 10.1 Å². The van der Waals surface area contributed by atoms with Crippen LogP contribution in [0, 0.1) is 0 Å². The molecule has 1 heterocycles. The molecule has 88 valence electrons. The van der Waals surface area contributed by atoms with E-state index < -0.39 is 5.97 Å². The van der Waals surface area contributed by atoms with E-state index in [0.717, 1.165) is 0 Å². The number of carbonyl (C=O) groups is 1. The van der Waals surface area contributed by atoms with Crippen LogP contribution in [0.1, 0.15) is 10.4 Å². The van der Waals surface area contributed by atoms with E-state index in [9.17, 15) is 4.79 Å². The number of aryl methyl sites for hydroxylation is 1. The standard InChI is InChI=1S/C10H10N4O2S/c1-14-5-12-13-10(14)17-8-6(9(15)16)3-2-4-7(8)11/h2-5H,11H2,1H3,(H,15,16). The van der Waals surface area contributed by atoms with Crippen molar-refractivity contribution in [2.24, 2.45) is 7.05 Å².